The molecule has 1 aromatic rings. The Morgan fingerprint density at radius 1 is 1.50 bits per heavy atom. The maximum atomic E-state index is 13.2. The van der Waals surface area contributed by atoms with Crippen molar-refractivity contribution in [1.29, 1.82) is 0 Å². The van der Waals surface area contributed by atoms with Crippen LogP contribution in [0.3, 0.4) is 0 Å². The predicted octanol–water partition coefficient (Wildman–Crippen LogP) is 2.10. The van der Waals surface area contributed by atoms with Gasteiger partial charge in [0, 0.05) is 22.2 Å². The van der Waals surface area contributed by atoms with E-state index in [1.165, 1.54) is 6.20 Å². The molecule has 2 nitrogen and oxygen atoms in total. The summed E-state index contributed by atoms with van der Waals surface area (Å²) in [5, 5.41) is 0. The lowest BCUT2D eigenvalue weighted by atomic mass is 9.98. The Kier molecular flexibility index (Phi) is 2.11. The van der Waals surface area contributed by atoms with Crippen LogP contribution in [0.4, 0.5) is 4.39 Å². The number of ether oxygens (including phenoxy) is 1. The molecule has 4 heteroatoms. The molecule has 2 rings (SSSR count). The molecule has 1 aromatic heterocycles. The van der Waals surface area contributed by atoms with E-state index in [1.54, 1.807) is 6.20 Å². The van der Waals surface area contributed by atoms with Crippen LogP contribution in [-0.4, -0.2) is 18.2 Å². The van der Waals surface area contributed by atoms with Crippen molar-refractivity contribution >= 4 is 15.9 Å². The summed E-state index contributed by atoms with van der Waals surface area (Å²) in [4.78, 5) is 3.72. The maximum absolute atomic E-state index is 13.2. The molecule has 12 heavy (non-hydrogen) atoms. The zero-order chi connectivity index (χ0) is 8.55. The predicted molar refractivity (Wildman–Crippen MR) is 45.5 cm³/mol. The Morgan fingerprint density at radius 3 is 2.75 bits per heavy atom. The largest absolute Gasteiger partial charge is 0.380 e. The highest BCUT2D eigenvalue weighted by atomic mass is 79.9. The molecule has 0 atom stereocenters. The van der Waals surface area contributed by atoms with E-state index in [0.717, 1.165) is 4.47 Å². The van der Waals surface area contributed by atoms with E-state index in [1.807, 2.05) is 0 Å². The zero-order valence-corrected chi connectivity index (χ0v) is 7.84. The fraction of sp³-hybridized carbons (Fsp3) is 0.375. The first-order valence-corrected chi connectivity index (χ1v) is 4.45. The van der Waals surface area contributed by atoms with Gasteiger partial charge in [0.05, 0.1) is 19.4 Å². The van der Waals surface area contributed by atoms with Gasteiger partial charge in [0.25, 0.3) is 0 Å². The molecule has 1 saturated heterocycles. The van der Waals surface area contributed by atoms with Crippen LogP contribution in [0.25, 0.3) is 0 Å². The lowest BCUT2D eigenvalue weighted by Gasteiger charge is -2.27. The average Bonchev–Trinajstić information content (AvgIpc) is 1.93. The number of hydrogen-bond donors (Lipinski definition) is 0. The minimum Gasteiger partial charge on any atom is -0.380 e. The van der Waals surface area contributed by atoms with Crippen molar-refractivity contribution < 1.29 is 9.13 Å². The van der Waals surface area contributed by atoms with Gasteiger partial charge in [-0.3, -0.25) is 4.98 Å². The monoisotopic (exact) mass is 231 g/mol. The Labute approximate surface area is 77.9 Å². The van der Waals surface area contributed by atoms with E-state index >= 15 is 0 Å². The van der Waals surface area contributed by atoms with Gasteiger partial charge in [-0.2, -0.15) is 0 Å². The van der Waals surface area contributed by atoms with Gasteiger partial charge in [0.1, 0.15) is 5.82 Å². The summed E-state index contributed by atoms with van der Waals surface area (Å²) in [5.41, 5.74) is 0.691. The molecule has 1 aliphatic rings. The highest BCUT2D eigenvalue weighted by Crippen LogP contribution is 2.31. The number of nitrogens with zero attached hydrogens (tertiary/aromatic N) is 1. The van der Waals surface area contributed by atoms with Crippen LogP contribution in [0.5, 0.6) is 0 Å². The van der Waals surface area contributed by atoms with Gasteiger partial charge in [0.15, 0.2) is 0 Å². The second kappa shape index (κ2) is 3.11. The Hall–Kier alpha value is -0.480. The normalized spacial score (nSPS) is 17.5. The molecular weight excluding hydrogens is 225 g/mol. The molecule has 64 valence electrons. The van der Waals surface area contributed by atoms with Gasteiger partial charge in [-0.05, 0) is 15.9 Å². The maximum Gasteiger partial charge on any atom is 0.146 e. The molecule has 0 radical (unpaired) electrons. The summed E-state index contributed by atoms with van der Waals surface area (Å²) in [6.07, 6.45) is 2.84. The lowest BCUT2D eigenvalue weighted by Crippen LogP contribution is -2.26. The van der Waals surface area contributed by atoms with E-state index in [9.17, 15) is 4.39 Å². The molecule has 2 heterocycles. The van der Waals surface area contributed by atoms with Crippen molar-refractivity contribution in [3.8, 4) is 0 Å². The summed E-state index contributed by atoms with van der Waals surface area (Å²) in [6.45, 7) is 1.22. The van der Waals surface area contributed by atoms with Crippen LogP contribution in [0.1, 0.15) is 11.5 Å². The van der Waals surface area contributed by atoms with Crippen molar-refractivity contribution in [2.75, 3.05) is 13.2 Å². The third-order valence-electron chi connectivity index (χ3n) is 1.94. The van der Waals surface area contributed by atoms with E-state index < -0.39 is 0 Å². The molecule has 0 bridgehead atoms. The van der Waals surface area contributed by atoms with Crippen molar-refractivity contribution in [1.82, 2.24) is 4.98 Å². The van der Waals surface area contributed by atoms with Gasteiger partial charge < -0.3 is 4.74 Å². The van der Waals surface area contributed by atoms with Crippen LogP contribution in [0, 0.1) is 5.82 Å². The minimum atomic E-state index is -0.252. The Balaban J connectivity index is 2.39. The standard InChI is InChI=1S/C8H7BrFNO/c9-6-1-11-2-7(10)8(6)5-3-12-4-5/h1-2,5H,3-4H2. The quantitative estimate of drug-likeness (QED) is 0.739. The van der Waals surface area contributed by atoms with E-state index in [2.05, 4.69) is 20.9 Å². The topological polar surface area (TPSA) is 22.1 Å². The fourth-order valence-electron chi connectivity index (χ4n) is 1.21. The zero-order valence-electron chi connectivity index (χ0n) is 6.26. The first-order chi connectivity index (χ1) is 5.79. The molecule has 0 saturated carbocycles. The smallest absolute Gasteiger partial charge is 0.146 e. The number of pyridine rings is 1. The lowest BCUT2D eigenvalue weighted by molar-refractivity contribution is 0.00667. The van der Waals surface area contributed by atoms with Crippen molar-refractivity contribution in [2.24, 2.45) is 0 Å². The first-order valence-electron chi connectivity index (χ1n) is 3.65. The number of aromatic nitrogens is 1. The average molecular weight is 232 g/mol. The van der Waals surface area contributed by atoms with E-state index in [-0.39, 0.29) is 11.7 Å². The van der Waals surface area contributed by atoms with Crippen LogP contribution >= 0.6 is 15.9 Å². The van der Waals surface area contributed by atoms with E-state index in [0.29, 0.717) is 18.8 Å². The van der Waals surface area contributed by atoms with Crippen LogP contribution in [0.2, 0.25) is 0 Å². The Bertz CT molecular complexity index is 281. The summed E-state index contributed by atoms with van der Waals surface area (Å²) in [7, 11) is 0. The molecule has 0 amide bonds. The summed E-state index contributed by atoms with van der Waals surface area (Å²) < 4.78 is 18.9. The molecular formula is C8H7BrFNO. The number of halogens is 2. The third-order valence-corrected chi connectivity index (χ3v) is 2.57. The second-order valence-corrected chi connectivity index (χ2v) is 3.61. The molecule has 0 unspecified atom stereocenters. The van der Waals surface area contributed by atoms with Crippen molar-refractivity contribution in [3.63, 3.8) is 0 Å². The Morgan fingerprint density at radius 2 is 2.25 bits per heavy atom. The van der Waals surface area contributed by atoms with Crippen LogP contribution in [-0.2, 0) is 4.74 Å². The highest BCUT2D eigenvalue weighted by molar-refractivity contribution is 9.10. The summed E-state index contributed by atoms with van der Waals surface area (Å²) in [6, 6.07) is 0. The minimum absolute atomic E-state index is 0.197. The van der Waals surface area contributed by atoms with Gasteiger partial charge in [-0.15, -0.1) is 0 Å². The molecule has 0 aromatic carbocycles. The molecule has 1 aliphatic heterocycles. The van der Waals surface area contributed by atoms with Gasteiger partial charge in [0.2, 0.25) is 0 Å². The SMILES string of the molecule is Fc1cncc(Br)c1C1COC1. The van der Waals surface area contributed by atoms with Gasteiger partial charge in [-0.25, -0.2) is 4.39 Å². The molecule has 0 N–H and O–H groups in total. The molecule has 0 spiro atoms. The molecule has 0 aliphatic carbocycles. The molecule has 1 fully saturated rings. The number of hydrogen-bond acceptors (Lipinski definition) is 2. The van der Waals surface area contributed by atoms with Crippen LogP contribution < -0.4 is 0 Å². The fourth-order valence-corrected chi connectivity index (χ4v) is 1.85. The summed E-state index contributed by atoms with van der Waals surface area (Å²) in [5.74, 6) is -0.0555. The van der Waals surface area contributed by atoms with E-state index in [4.69, 9.17) is 4.74 Å². The van der Waals surface area contributed by atoms with Crippen molar-refractivity contribution in [2.45, 2.75) is 5.92 Å². The van der Waals surface area contributed by atoms with Gasteiger partial charge >= 0.3 is 0 Å². The summed E-state index contributed by atoms with van der Waals surface area (Å²) >= 11 is 3.26. The third kappa shape index (κ3) is 1.25. The second-order valence-electron chi connectivity index (χ2n) is 2.75. The van der Waals surface area contributed by atoms with Crippen LogP contribution in [0.15, 0.2) is 16.9 Å². The number of rotatable bonds is 1. The van der Waals surface area contributed by atoms with Crippen molar-refractivity contribution in [3.05, 3.63) is 28.2 Å². The first kappa shape index (κ1) is 8.13. The highest BCUT2D eigenvalue weighted by Gasteiger charge is 2.25. The van der Waals surface area contributed by atoms with Gasteiger partial charge in [-0.1, -0.05) is 0 Å².